The molecule has 0 spiro atoms. The molecule has 1 atom stereocenters. The summed E-state index contributed by atoms with van der Waals surface area (Å²) in [6.07, 6.45) is 0. The zero-order valence-electron chi connectivity index (χ0n) is 13.6. The fourth-order valence-corrected chi connectivity index (χ4v) is 3.79. The molecule has 2 N–H and O–H groups in total. The number of hydrogen-bond acceptors (Lipinski definition) is 5. The highest BCUT2D eigenvalue weighted by Gasteiger charge is 2.49. The smallest absolute Gasteiger partial charge is 0.319 e. The summed E-state index contributed by atoms with van der Waals surface area (Å²) >= 11 is 4.54. The number of carbonyl (C=O) groups is 3. The standard InChI is InChI=1S/C17H13BrN4O3S/c1-17(11-3-2-4-12(18)7-11)15(24)22(16(25)21-17)9-13(23)20-14-10(8-19)5-6-26-14/h2-7H,9H2,1H3,(H,20,23)(H,21,25)/t17-/m1/s1. The Balaban J connectivity index is 1.77. The number of nitriles is 1. The third-order valence-electron chi connectivity index (χ3n) is 4.02. The van der Waals surface area contributed by atoms with Gasteiger partial charge in [-0.15, -0.1) is 11.3 Å². The van der Waals surface area contributed by atoms with E-state index in [9.17, 15) is 14.4 Å². The van der Waals surface area contributed by atoms with Crippen LogP contribution in [-0.2, 0) is 15.1 Å². The van der Waals surface area contributed by atoms with Gasteiger partial charge in [-0.3, -0.25) is 14.5 Å². The van der Waals surface area contributed by atoms with Gasteiger partial charge in [-0.2, -0.15) is 5.26 Å². The molecule has 0 radical (unpaired) electrons. The SMILES string of the molecule is C[C@]1(c2cccc(Br)c2)NC(=O)N(CC(=O)Nc2sccc2C#N)C1=O. The van der Waals surface area contributed by atoms with Gasteiger partial charge in [-0.05, 0) is 36.1 Å². The molecule has 4 amide bonds. The largest absolute Gasteiger partial charge is 0.325 e. The molecule has 9 heteroatoms. The van der Waals surface area contributed by atoms with Gasteiger partial charge in [0.15, 0.2) is 0 Å². The first kappa shape index (κ1) is 18.1. The normalized spacial score (nSPS) is 19.2. The molecule has 0 saturated carbocycles. The van der Waals surface area contributed by atoms with Gasteiger partial charge < -0.3 is 10.6 Å². The van der Waals surface area contributed by atoms with Crippen molar-refractivity contribution in [3.05, 3.63) is 51.3 Å². The van der Waals surface area contributed by atoms with Crippen LogP contribution < -0.4 is 10.6 Å². The molecule has 7 nitrogen and oxygen atoms in total. The zero-order chi connectivity index (χ0) is 18.9. The van der Waals surface area contributed by atoms with Crippen molar-refractivity contribution < 1.29 is 14.4 Å². The predicted octanol–water partition coefficient (Wildman–Crippen LogP) is 2.79. The molecule has 1 saturated heterocycles. The van der Waals surface area contributed by atoms with Gasteiger partial charge in [0.2, 0.25) is 5.91 Å². The van der Waals surface area contributed by atoms with Gasteiger partial charge >= 0.3 is 6.03 Å². The van der Waals surface area contributed by atoms with Gasteiger partial charge in [-0.1, -0.05) is 28.1 Å². The highest BCUT2D eigenvalue weighted by molar-refractivity contribution is 9.10. The Morgan fingerprint density at radius 3 is 2.88 bits per heavy atom. The van der Waals surface area contributed by atoms with E-state index in [4.69, 9.17) is 5.26 Å². The van der Waals surface area contributed by atoms with Crippen LogP contribution in [0.15, 0.2) is 40.2 Å². The highest BCUT2D eigenvalue weighted by atomic mass is 79.9. The van der Waals surface area contributed by atoms with Crippen LogP contribution in [0.2, 0.25) is 0 Å². The second kappa shape index (κ2) is 6.90. The summed E-state index contributed by atoms with van der Waals surface area (Å²) in [5.74, 6) is -1.06. The third-order valence-corrected chi connectivity index (χ3v) is 5.34. The van der Waals surface area contributed by atoms with Crippen LogP contribution in [-0.4, -0.2) is 29.3 Å². The summed E-state index contributed by atoms with van der Waals surface area (Å²) in [6, 6.07) is 9.96. The summed E-state index contributed by atoms with van der Waals surface area (Å²) in [7, 11) is 0. The Bertz CT molecular complexity index is 951. The van der Waals surface area contributed by atoms with Gasteiger partial charge in [0.25, 0.3) is 5.91 Å². The number of anilines is 1. The van der Waals surface area contributed by atoms with Crippen LogP contribution in [0.5, 0.6) is 0 Å². The molecule has 132 valence electrons. The molecule has 2 aromatic rings. The van der Waals surface area contributed by atoms with Crippen molar-refractivity contribution in [3.63, 3.8) is 0 Å². The molecule has 0 unspecified atom stereocenters. The lowest BCUT2D eigenvalue weighted by Gasteiger charge is -2.22. The average molecular weight is 433 g/mol. The second-order valence-corrected chi connectivity index (χ2v) is 7.61. The van der Waals surface area contributed by atoms with Crippen molar-refractivity contribution in [1.82, 2.24) is 10.2 Å². The van der Waals surface area contributed by atoms with E-state index in [0.29, 0.717) is 16.1 Å². The van der Waals surface area contributed by atoms with Crippen LogP contribution in [0.25, 0.3) is 0 Å². The molecule has 1 fully saturated rings. The van der Waals surface area contributed by atoms with E-state index in [1.54, 1.807) is 36.6 Å². The number of urea groups is 1. The maximum absolute atomic E-state index is 12.8. The first-order valence-corrected chi connectivity index (χ1v) is 9.20. The number of carbonyl (C=O) groups excluding carboxylic acids is 3. The minimum Gasteiger partial charge on any atom is -0.319 e. The van der Waals surface area contributed by atoms with Crippen molar-refractivity contribution in [2.75, 3.05) is 11.9 Å². The van der Waals surface area contributed by atoms with Crippen LogP contribution in [0.1, 0.15) is 18.1 Å². The molecule has 3 rings (SSSR count). The van der Waals surface area contributed by atoms with E-state index in [-0.39, 0.29) is 0 Å². The van der Waals surface area contributed by atoms with Crippen molar-refractivity contribution in [3.8, 4) is 6.07 Å². The fourth-order valence-electron chi connectivity index (χ4n) is 2.64. The minimum absolute atomic E-state index is 0.333. The maximum atomic E-state index is 12.8. The van der Waals surface area contributed by atoms with Crippen LogP contribution in [0, 0.1) is 11.3 Å². The Morgan fingerprint density at radius 1 is 1.42 bits per heavy atom. The lowest BCUT2D eigenvalue weighted by atomic mass is 9.92. The van der Waals surface area contributed by atoms with Crippen LogP contribution in [0.4, 0.5) is 9.80 Å². The van der Waals surface area contributed by atoms with Crippen molar-refractivity contribution in [2.45, 2.75) is 12.5 Å². The van der Waals surface area contributed by atoms with E-state index >= 15 is 0 Å². The summed E-state index contributed by atoms with van der Waals surface area (Å²) in [5, 5.41) is 16.2. The number of imide groups is 1. The lowest BCUT2D eigenvalue weighted by molar-refractivity contribution is -0.133. The Labute approximate surface area is 161 Å². The molecule has 1 aliphatic heterocycles. The van der Waals surface area contributed by atoms with Crippen LogP contribution >= 0.6 is 27.3 Å². The summed E-state index contributed by atoms with van der Waals surface area (Å²) in [4.78, 5) is 38.2. The number of benzene rings is 1. The number of nitrogens with zero attached hydrogens (tertiary/aromatic N) is 2. The minimum atomic E-state index is -1.25. The second-order valence-electron chi connectivity index (χ2n) is 5.78. The third kappa shape index (κ3) is 3.21. The van der Waals surface area contributed by atoms with Gasteiger partial charge in [-0.25, -0.2) is 4.79 Å². The highest BCUT2D eigenvalue weighted by Crippen LogP contribution is 2.30. The fraction of sp³-hybridized carbons (Fsp3) is 0.176. The molecule has 0 aliphatic carbocycles. The molecule has 1 aromatic carbocycles. The molecule has 26 heavy (non-hydrogen) atoms. The first-order valence-electron chi connectivity index (χ1n) is 7.53. The lowest BCUT2D eigenvalue weighted by Crippen LogP contribution is -2.42. The average Bonchev–Trinajstić information content (AvgIpc) is 3.13. The molecule has 0 bridgehead atoms. The van der Waals surface area contributed by atoms with E-state index in [1.165, 1.54) is 11.3 Å². The quantitative estimate of drug-likeness (QED) is 0.724. The molecular weight excluding hydrogens is 420 g/mol. The maximum Gasteiger partial charge on any atom is 0.325 e. The molecular formula is C17H13BrN4O3S. The number of thiophene rings is 1. The Morgan fingerprint density at radius 2 is 2.19 bits per heavy atom. The number of amides is 4. The number of hydrogen-bond donors (Lipinski definition) is 2. The first-order chi connectivity index (χ1) is 12.3. The van der Waals surface area contributed by atoms with Gasteiger partial charge in [0, 0.05) is 4.47 Å². The van der Waals surface area contributed by atoms with Gasteiger partial charge in [0.1, 0.15) is 23.2 Å². The number of nitrogens with one attached hydrogen (secondary N) is 2. The van der Waals surface area contributed by atoms with Crippen molar-refractivity contribution >= 4 is 50.1 Å². The Hall–Kier alpha value is -2.70. The van der Waals surface area contributed by atoms with Gasteiger partial charge in [0.05, 0.1) is 5.56 Å². The Kier molecular flexibility index (Phi) is 4.80. The summed E-state index contributed by atoms with van der Waals surface area (Å²) in [6.45, 7) is 1.16. The number of halogens is 1. The number of rotatable bonds is 4. The van der Waals surface area contributed by atoms with E-state index in [2.05, 4.69) is 26.6 Å². The molecule has 1 aliphatic rings. The van der Waals surface area contributed by atoms with Crippen molar-refractivity contribution in [1.29, 1.82) is 5.26 Å². The topological polar surface area (TPSA) is 102 Å². The summed E-state index contributed by atoms with van der Waals surface area (Å²) < 4.78 is 0.774. The molecule has 2 heterocycles. The van der Waals surface area contributed by atoms with E-state index in [0.717, 1.165) is 9.37 Å². The summed E-state index contributed by atoms with van der Waals surface area (Å²) in [5.41, 5.74) is -0.306. The van der Waals surface area contributed by atoms with E-state index in [1.807, 2.05) is 12.1 Å². The predicted molar refractivity (Wildman–Crippen MR) is 99.4 cm³/mol. The zero-order valence-corrected chi connectivity index (χ0v) is 16.0. The molecule has 1 aromatic heterocycles. The van der Waals surface area contributed by atoms with Crippen LogP contribution in [0.3, 0.4) is 0 Å². The monoisotopic (exact) mass is 432 g/mol. The van der Waals surface area contributed by atoms with E-state index < -0.39 is 29.9 Å². The van der Waals surface area contributed by atoms with Crippen molar-refractivity contribution in [2.24, 2.45) is 0 Å².